The number of fused-ring (bicyclic) bond motifs is 3. The van der Waals surface area contributed by atoms with E-state index in [1.165, 1.54) is 0 Å². The van der Waals surface area contributed by atoms with Crippen LogP contribution in [0.3, 0.4) is 0 Å². The van der Waals surface area contributed by atoms with Gasteiger partial charge in [0.1, 0.15) is 11.4 Å². The lowest BCUT2D eigenvalue weighted by atomic mass is 10.00. The largest absolute Gasteiger partial charge is 0.497 e. The van der Waals surface area contributed by atoms with Gasteiger partial charge in [-0.25, -0.2) is 4.79 Å². The van der Waals surface area contributed by atoms with Crippen LogP contribution >= 0.6 is 0 Å². The van der Waals surface area contributed by atoms with Crippen molar-refractivity contribution in [1.82, 2.24) is 10.2 Å². The van der Waals surface area contributed by atoms with E-state index in [-0.39, 0.29) is 5.56 Å². The highest BCUT2D eigenvalue weighted by Gasteiger charge is 2.16. The summed E-state index contributed by atoms with van der Waals surface area (Å²) in [6.45, 7) is 0. The number of H-pyrrole nitrogens is 1. The van der Waals surface area contributed by atoms with E-state index >= 15 is 0 Å². The minimum absolute atomic E-state index is 0.237. The molecule has 0 aliphatic carbocycles. The van der Waals surface area contributed by atoms with Gasteiger partial charge in [0.2, 0.25) is 0 Å². The van der Waals surface area contributed by atoms with Gasteiger partial charge in [-0.3, -0.25) is 5.10 Å². The van der Waals surface area contributed by atoms with Crippen LogP contribution in [0.4, 0.5) is 0 Å². The van der Waals surface area contributed by atoms with Crippen LogP contribution in [0.1, 0.15) is 10.4 Å². The minimum atomic E-state index is -0.965. The molecule has 0 amide bonds. The Morgan fingerprint density at radius 1 is 1.08 bits per heavy atom. The summed E-state index contributed by atoms with van der Waals surface area (Å²) >= 11 is 0. The number of rotatable bonds is 3. The highest BCUT2D eigenvalue weighted by molar-refractivity contribution is 6.11. The topological polar surface area (TPSA) is 75.2 Å². The molecule has 1 aromatic heterocycles. The third-order valence-electron chi connectivity index (χ3n) is 4.17. The maximum atomic E-state index is 11.5. The van der Waals surface area contributed by atoms with Crippen LogP contribution in [-0.4, -0.2) is 28.4 Å². The van der Waals surface area contributed by atoms with E-state index in [2.05, 4.69) is 10.2 Å². The van der Waals surface area contributed by atoms with Crippen molar-refractivity contribution in [2.24, 2.45) is 0 Å². The normalized spacial score (nSPS) is 11.0. The highest BCUT2D eigenvalue weighted by atomic mass is 16.5. The van der Waals surface area contributed by atoms with E-state index in [9.17, 15) is 9.90 Å². The molecule has 5 heteroatoms. The quantitative estimate of drug-likeness (QED) is 0.596. The number of hydrogen-bond donors (Lipinski definition) is 2. The van der Waals surface area contributed by atoms with Crippen LogP contribution in [0.25, 0.3) is 32.9 Å². The number of carbonyl (C=O) groups is 1. The summed E-state index contributed by atoms with van der Waals surface area (Å²) in [5.74, 6) is -0.176. The van der Waals surface area contributed by atoms with Crippen molar-refractivity contribution in [1.29, 1.82) is 0 Å². The number of ether oxygens (including phenoxy) is 1. The van der Waals surface area contributed by atoms with Gasteiger partial charge >= 0.3 is 5.97 Å². The third-order valence-corrected chi connectivity index (χ3v) is 4.17. The maximum Gasteiger partial charge on any atom is 0.336 e. The molecule has 118 valence electrons. The summed E-state index contributed by atoms with van der Waals surface area (Å²) in [7, 11) is 1.64. The van der Waals surface area contributed by atoms with Crippen molar-refractivity contribution in [3.63, 3.8) is 0 Å². The lowest BCUT2D eigenvalue weighted by Gasteiger charge is -2.05. The molecule has 0 aliphatic heterocycles. The summed E-state index contributed by atoms with van der Waals surface area (Å²) in [5.41, 5.74) is 2.36. The summed E-state index contributed by atoms with van der Waals surface area (Å²) < 4.78 is 5.26. The van der Waals surface area contributed by atoms with Crippen LogP contribution < -0.4 is 4.74 Å². The molecule has 0 fully saturated rings. The van der Waals surface area contributed by atoms with Gasteiger partial charge in [0.25, 0.3) is 0 Å². The molecule has 1 heterocycles. The summed E-state index contributed by atoms with van der Waals surface area (Å²) in [4.78, 5) is 11.5. The molecule has 0 spiro atoms. The molecular weight excluding hydrogens is 304 g/mol. The zero-order valence-corrected chi connectivity index (χ0v) is 12.9. The smallest absolute Gasteiger partial charge is 0.336 e. The molecular formula is C19H14N2O3. The van der Waals surface area contributed by atoms with Gasteiger partial charge in [-0.15, -0.1) is 0 Å². The van der Waals surface area contributed by atoms with Crippen LogP contribution in [0.2, 0.25) is 0 Å². The van der Waals surface area contributed by atoms with Gasteiger partial charge in [0.15, 0.2) is 0 Å². The molecule has 0 radical (unpaired) electrons. The Balaban J connectivity index is 1.99. The van der Waals surface area contributed by atoms with Crippen LogP contribution in [0.15, 0.2) is 54.6 Å². The van der Waals surface area contributed by atoms with Crippen molar-refractivity contribution < 1.29 is 14.6 Å². The lowest BCUT2D eigenvalue weighted by molar-refractivity contribution is 0.0697. The zero-order chi connectivity index (χ0) is 16.7. The second-order valence-corrected chi connectivity index (χ2v) is 5.50. The summed E-state index contributed by atoms with van der Waals surface area (Å²) in [5, 5.41) is 19.8. The highest BCUT2D eigenvalue weighted by Crippen LogP contribution is 2.33. The number of carboxylic acids is 1. The Bertz CT molecular complexity index is 1080. The number of aromatic amines is 1. The van der Waals surface area contributed by atoms with Gasteiger partial charge in [0, 0.05) is 16.3 Å². The first-order chi connectivity index (χ1) is 11.7. The number of aromatic carboxylic acids is 1. The van der Waals surface area contributed by atoms with E-state index in [1.807, 2.05) is 36.4 Å². The van der Waals surface area contributed by atoms with Gasteiger partial charge < -0.3 is 9.84 Å². The summed E-state index contributed by atoms with van der Waals surface area (Å²) in [6.07, 6.45) is 0. The van der Waals surface area contributed by atoms with E-state index in [4.69, 9.17) is 4.74 Å². The van der Waals surface area contributed by atoms with E-state index < -0.39 is 5.97 Å². The first-order valence-corrected chi connectivity index (χ1v) is 7.46. The molecule has 0 saturated heterocycles. The second-order valence-electron chi connectivity index (χ2n) is 5.50. The number of nitrogens with zero attached hydrogens (tertiary/aromatic N) is 1. The van der Waals surface area contributed by atoms with E-state index in [1.54, 1.807) is 25.3 Å². The monoisotopic (exact) mass is 318 g/mol. The predicted molar refractivity (Wildman–Crippen MR) is 92.5 cm³/mol. The predicted octanol–water partition coefficient (Wildman–Crippen LogP) is 4.09. The average molecular weight is 318 g/mol. The zero-order valence-electron chi connectivity index (χ0n) is 12.9. The Labute approximate surface area is 137 Å². The fraction of sp³-hybridized carbons (Fsp3) is 0.0526. The fourth-order valence-corrected chi connectivity index (χ4v) is 3.01. The van der Waals surface area contributed by atoms with Crippen molar-refractivity contribution in [3.05, 3.63) is 60.2 Å². The molecule has 0 saturated carbocycles. The van der Waals surface area contributed by atoms with E-state index in [0.29, 0.717) is 11.3 Å². The Kier molecular flexibility index (Phi) is 3.20. The molecule has 4 rings (SSSR count). The number of methoxy groups -OCH3 is 1. The van der Waals surface area contributed by atoms with Crippen molar-refractivity contribution in [3.8, 4) is 17.0 Å². The van der Waals surface area contributed by atoms with Crippen molar-refractivity contribution >= 4 is 27.6 Å². The molecule has 4 aromatic rings. The Hall–Kier alpha value is -3.34. The SMILES string of the molecule is COc1ccc2c(ccc3c(-c4ccccc4C(=O)O)n[nH]c32)c1. The third kappa shape index (κ3) is 2.10. The fourth-order valence-electron chi connectivity index (χ4n) is 3.01. The number of aromatic nitrogens is 2. The van der Waals surface area contributed by atoms with Gasteiger partial charge in [0.05, 0.1) is 18.2 Å². The molecule has 0 atom stereocenters. The number of carboxylic acid groups (broad SMARTS) is 1. The lowest BCUT2D eigenvalue weighted by Crippen LogP contribution is -1.99. The molecule has 0 unspecified atom stereocenters. The molecule has 5 nitrogen and oxygen atoms in total. The standard InChI is InChI=1S/C19H14N2O3/c1-24-12-7-9-13-11(10-12)6-8-16-17(13)20-21-18(16)14-4-2-3-5-15(14)19(22)23/h2-10H,1H3,(H,20,21)(H,22,23). The van der Waals surface area contributed by atoms with Crippen molar-refractivity contribution in [2.45, 2.75) is 0 Å². The molecule has 2 N–H and O–H groups in total. The Morgan fingerprint density at radius 3 is 2.67 bits per heavy atom. The second kappa shape index (κ2) is 5.38. The Morgan fingerprint density at radius 2 is 1.88 bits per heavy atom. The van der Waals surface area contributed by atoms with Gasteiger partial charge in [-0.1, -0.05) is 24.3 Å². The van der Waals surface area contributed by atoms with Crippen molar-refractivity contribution in [2.75, 3.05) is 7.11 Å². The number of benzene rings is 3. The number of hydrogen-bond acceptors (Lipinski definition) is 3. The first-order valence-electron chi connectivity index (χ1n) is 7.46. The van der Waals surface area contributed by atoms with Crippen LogP contribution in [-0.2, 0) is 0 Å². The van der Waals surface area contributed by atoms with Gasteiger partial charge in [-0.05, 0) is 35.7 Å². The van der Waals surface area contributed by atoms with Crippen LogP contribution in [0, 0.1) is 0 Å². The first kappa shape index (κ1) is 14.3. The van der Waals surface area contributed by atoms with Gasteiger partial charge in [-0.2, -0.15) is 5.10 Å². The average Bonchev–Trinajstić information content (AvgIpc) is 3.05. The molecule has 24 heavy (non-hydrogen) atoms. The number of nitrogens with one attached hydrogen (secondary N) is 1. The van der Waals surface area contributed by atoms with Crippen LogP contribution in [0.5, 0.6) is 5.75 Å². The molecule has 0 aliphatic rings. The summed E-state index contributed by atoms with van der Waals surface area (Å²) in [6, 6.07) is 16.7. The molecule has 0 bridgehead atoms. The minimum Gasteiger partial charge on any atom is -0.497 e. The maximum absolute atomic E-state index is 11.5. The molecule has 3 aromatic carbocycles. The van der Waals surface area contributed by atoms with E-state index in [0.717, 1.165) is 27.4 Å².